The number of hydrogen-bond acceptors (Lipinski definition) is 4. The minimum atomic E-state index is -0.477. The highest BCUT2D eigenvalue weighted by atomic mass is 16.6. The zero-order valence-corrected chi connectivity index (χ0v) is 12.5. The summed E-state index contributed by atoms with van der Waals surface area (Å²) < 4.78 is 0. The second-order valence-corrected chi connectivity index (χ2v) is 5.54. The Morgan fingerprint density at radius 1 is 1.52 bits per heavy atom. The molecule has 1 saturated heterocycles. The fourth-order valence-electron chi connectivity index (χ4n) is 2.95. The Hall–Kier alpha value is -1.95. The molecule has 1 aliphatic heterocycles. The number of nitro benzene ring substituents is 1. The third-order valence-corrected chi connectivity index (χ3v) is 3.96. The van der Waals surface area contributed by atoms with E-state index in [1.165, 1.54) is 6.07 Å². The predicted octanol–water partition coefficient (Wildman–Crippen LogP) is 1.97. The fraction of sp³-hybridized carbons (Fsp3) is 0.533. The summed E-state index contributed by atoms with van der Waals surface area (Å²) in [5.74, 6) is 0.191. The maximum Gasteiger partial charge on any atom is 0.282 e. The number of nitrogens with zero attached hydrogens (tertiary/aromatic N) is 2. The number of nitrogens with one attached hydrogen (secondary N) is 1. The Labute approximate surface area is 124 Å². The van der Waals surface area contributed by atoms with Gasteiger partial charge in [0.2, 0.25) is 0 Å². The summed E-state index contributed by atoms with van der Waals surface area (Å²) in [6.45, 7) is 3.94. The van der Waals surface area contributed by atoms with Crippen molar-refractivity contribution in [3.8, 4) is 0 Å². The number of likely N-dealkylation sites (tertiary alicyclic amines) is 1. The first-order valence-electron chi connectivity index (χ1n) is 7.22. The monoisotopic (exact) mass is 291 g/mol. The molecule has 1 N–H and O–H groups in total. The van der Waals surface area contributed by atoms with Crippen molar-refractivity contribution in [1.29, 1.82) is 0 Å². The van der Waals surface area contributed by atoms with Crippen LogP contribution in [0.2, 0.25) is 0 Å². The molecule has 114 valence electrons. The molecular weight excluding hydrogens is 270 g/mol. The number of carbonyl (C=O) groups excluding carboxylic acids is 1. The summed E-state index contributed by atoms with van der Waals surface area (Å²) in [6.07, 6.45) is 2.03. The fourth-order valence-corrected chi connectivity index (χ4v) is 2.95. The second kappa shape index (κ2) is 6.67. The minimum Gasteiger partial charge on any atom is -0.338 e. The highest BCUT2D eigenvalue weighted by Crippen LogP contribution is 2.26. The van der Waals surface area contributed by atoms with Crippen molar-refractivity contribution in [1.82, 2.24) is 10.2 Å². The van der Waals surface area contributed by atoms with Crippen LogP contribution in [0.5, 0.6) is 0 Å². The van der Waals surface area contributed by atoms with Crippen molar-refractivity contribution in [2.24, 2.45) is 5.92 Å². The smallest absolute Gasteiger partial charge is 0.282 e. The maximum atomic E-state index is 12.7. The van der Waals surface area contributed by atoms with Crippen LogP contribution in [0, 0.1) is 23.0 Å². The molecule has 1 heterocycles. The van der Waals surface area contributed by atoms with Crippen LogP contribution in [-0.4, -0.2) is 42.4 Å². The summed E-state index contributed by atoms with van der Waals surface area (Å²) in [5.41, 5.74) is 0.785. The molecule has 0 aliphatic carbocycles. The standard InChI is InChI=1S/C15H21N3O3/c1-11-5-3-7-13(18(20)21)14(11)15(19)17-8-4-6-12(10-17)9-16-2/h3,5,7,12,16H,4,6,8-10H2,1-2H3. The zero-order chi connectivity index (χ0) is 15.4. The summed E-state index contributed by atoms with van der Waals surface area (Å²) in [7, 11) is 1.90. The molecule has 1 atom stereocenters. The van der Waals surface area contributed by atoms with Crippen LogP contribution in [0.4, 0.5) is 5.69 Å². The molecule has 0 saturated carbocycles. The van der Waals surface area contributed by atoms with Crippen molar-refractivity contribution >= 4 is 11.6 Å². The van der Waals surface area contributed by atoms with Gasteiger partial charge in [0.05, 0.1) is 4.92 Å². The van der Waals surface area contributed by atoms with E-state index in [0.29, 0.717) is 24.6 Å². The van der Waals surface area contributed by atoms with Gasteiger partial charge in [0.1, 0.15) is 5.56 Å². The normalized spacial score (nSPS) is 18.6. The summed E-state index contributed by atoms with van der Waals surface area (Å²) in [4.78, 5) is 25.1. The quantitative estimate of drug-likeness (QED) is 0.680. The lowest BCUT2D eigenvalue weighted by atomic mass is 9.96. The molecule has 21 heavy (non-hydrogen) atoms. The zero-order valence-electron chi connectivity index (χ0n) is 12.5. The maximum absolute atomic E-state index is 12.7. The molecule has 0 radical (unpaired) electrons. The minimum absolute atomic E-state index is 0.101. The van der Waals surface area contributed by atoms with Crippen LogP contribution >= 0.6 is 0 Å². The number of rotatable bonds is 4. The predicted molar refractivity (Wildman–Crippen MR) is 80.4 cm³/mol. The summed E-state index contributed by atoms with van der Waals surface area (Å²) in [5, 5.41) is 14.3. The lowest BCUT2D eigenvalue weighted by Gasteiger charge is -2.33. The highest BCUT2D eigenvalue weighted by molar-refractivity contribution is 5.99. The van der Waals surface area contributed by atoms with Gasteiger partial charge < -0.3 is 10.2 Å². The van der Waals surface area contributed by atoms with Gasteiger partial charge in [0.25, 0.3) is 11.6 Å². The molecule has 6 nitrogen and oxygen atoms in total. The third-order valence-electron chi connectivity index (χ3n) is 3.96. The molecule has 0 spiro atoms. The largest absolute Gasteiger partial charge is 0.338 e. The van der Waals surface area contributed by atoms with Crippen LogP contribution in [0.3, 0.4) is 0 Å². The number of amides is 1. The molecular formula is C15H21N3O3. The van der Waals surface area contributed by atoms with Gasteiger partial charge >= 0.3 is 0 Å². The van der Waals surface area contributed by atoms with Crippen molar-refractivity contribution in [3.63, 3.8) is 0 Å². The Morgan fingerprint density at radius 2 is 2.29 bits per heavy atom. The van der Waals surface area contributed by atoms with Gasteiger partial charge in [-0.25, -0.2) is 0 Å². The van der Waals surface area contributed by atoms with E-state index < -0.39 is 4.92 Å². The van der Waals surface area contributed by atoms with Crippen molar-refractivity contribution in [3.05, 3.63) is 39.4 Å². The van der Waals surface area contributed by atoms with Crippen LogP contribution in [0.1, 0.15) is 28.8 Å². The molecule has 1 aromatic rings. The van der Waals surface area contributed by atoms with Gasteiger partial charge in [0.15, 0.2) is 0 Å². The topological polar surface area (TPSA) is 75.5 Å². The number of hydrogen-bond donors (Lipinski definition) is 1. The molecule has 2 rings (SSSR count). The molecule has 1 unspecified atom stereocenters. The second-order valence-electron chi connectivity index (χ2n) is 5.54. The van der Waals surface area contributed by atoms with E-state index >= 15 is 0 Å². The van der Waals surface area contributed by atoms with E-state index in [2.05, 4.69) is 5.32 Å². The summed E-state index contributed by atoms with van der Waals surface area (Å²) >= 11 is 0. The molecule has 6 heteroatoms. The van der Waals surface area contributed by atoms with Crippen LogP contribution in [0.25, 0.3) is 0 Å². The van der Waals surface area contributed by atoms with Crippen LogP contribution in [0.15, 0.2) is 18.2 Å². The van der Waals surface area contributed by atoms with Gasteiger partial charge in [0, 0.05) is 19.2 Å². The van der Waals surface area contributed by atoms with Gasteiger partial charge in [-0.3, -0.25) is 14.9 Å². The average Bonchev–Trinajstić information content (AvgIpc) is 2.47. The molecule has 0 aromatic heterocycles. The Bertz CT molecular complexity index is 543. The summed E-state index contributed by atoms with van der Waals surface area (Å²) in [6, 6.07) is 4.76. The third kappa shape index (κ3) is 3.39. The van der Waals surface area contributed by atoms with Crippen LogP contribution in [-0.2, 0) is 0 Å². The first kappa shape index (κ1) is 15.4. The van der Waals surface area contributed by atoms with Gasteiger partial charge in [-0.1, -0.05) is 12.1 Å². The van der Waals surface area contributed by atoms with E-state index in [-0.39, 0.29) is 17.2 Å². The molecule has 1 fully saturated rings. The van der Waals surface area contributed by atoms with Crippen molar-refractivity contribution < 1.29 is 9.72 Å². The molecule has 1 amide bonds. The van der Waals surface area contributed by atoms with E-state index in [4.69, 9.17) is 0 Å². The lowest BCUT2D eigenvalue weighted by Crippen LogP contribution is -2.42. The van der Waals surface area contributed by atoms with Crippen molar-refractivity contribution in [2.75, 3.05) is 26.7 Å². The number of nitro groups is 1. The van der Waals surface area contributed by atoms with Gasteiger partial charge in [-0.05, 0) is 44.8 Å². The van der Waals surface area contributed by atoms with Crippen LogP contribution < -0.4 is 5.32 Å². The number of benzene rings is 1. The van der Waals surface area contributed by atoms with E-state index in [1.807, 2.05) is 7.05 Å². The number of aryl methyl sites for hydroxylation is 1. The highest BCUT2D eigenvalue weighted by Gasteiger charge is 2.29. The molecule has 0 bridgehead atoms. The van der Waals surface area contributed by atoms with E-state index in [0.717, 1.165) is 19.4 Å². The molecule has 1 aromatic carbocycles. The Kier molecular flexibility index (Phi) is 4.90. The van der Waals surface area contributed by atoms with Gasteiger partial charge in [-0.2, -0.15) is 0 Å². The first-order chi connectivity index (χ1) is 10.0. The van der Waals surface area contributed by atoms with Gasteiger partial charge in [-0.15, -0.1) is 0 Å². The molecule has 1 aliphatic rings. The first-order valence-corrected chi connectivity index (χ1v) is 7.22. The number of piperidine rings is 1. The SMILES string of the molecule is CNCC1CCCN(C(=O)c2c(C)cccc2[N+](=O)[O-])C1. The average molecular weight is 291 g/mol. The van der Waals surface area contributed by atoms with E-state index in [1.54, 1.807) is 24.0 Å². The number of carbonyl (C=O) groups is 1. The van der Waals surface area contributed by atoms with Crippen molar-refractivity contribution in [2.45, 2.75) is 19.8 Å². The Morgan fingerprint density at radius 3 is 2.95 bits per heavy atom. The Balaban J connectivity index is 2.25. The lowest BCUT2D eigenvalue weighted by molar-refractivity contribution is -0.385. The van der Waals surface area contributed by atoms with E-state index in [9.17, 15) is 14.9 Å².